The number of rotatable bonds is 6. The molecule has 0 saturated carbocycles. The largest absolute Gasteiger partial charge is 0.407 e. The van der Waals surface area contributed by atoms with E-state index in [2.05, 4.69) is 33.9 Å². The van der Waals surface area contributed by atoms with Crippen molar-refractivity contribution in [2.24, 2.45) is 11.8 Å². The molecule has 0 amide bonds. The summed E-state index contributed by atoms with van der Waals surface area (Å²) in [6, 6.07) is 4.65. The third kappa shape index (κ3) is 4.00. The molecule has 3 rings (SSSR count). The number of hydrogen-bond acceptors (Lipinski definition) is 6. The van der Waals surface area contributed by atoms with Crippen LogP contribution >= 0.6 is 11.8 Å². The van der Waals surface area contributed by atoms with Crippen LogP contribution in [0.1, 0.15) is 32.6 Å². The van der Waals surface area contributed by atoms with E-state index < -0.39 is 0 Å². The van der Waals surface area contributed by atoms with Crippen molar-refractivity contribution in [2.75, 3.05) is 18.0 Å². The second-order valence-electron chi connectivity index (χ2n) is 6.18. The molecule has 0 radical (unpaired) electrons. The maximum atomic E-state index is 5.81. The van der Waals surface area contributed by atoms with E-state index >= 15 is 0 Å². The minimum absolute atomic E-state index is 0.677. The molecule has 1 unspecified atom stereocenters. The molecular formula is C16H22N4OS. The first-order chi connectivity index (χ1) is 10.7. The van der Waals surface area contributed by atoms with Gasteiger partial charge in [0, 0.05) is 30.4 Å². The van der Waals surface area contributed by atoms with Crippen LogP contribution < -0.4 is 4.90 Å². The lowest BCUT2D eigenvalue weighted by Crippen LogP contribution is -2.20. The Hall–Kier alpha value is -1.56. The van der Waals surface area contributed by atoms with Crippen molar-refractivity contribution in [1.29, 1.82) is 0 Å². The Morgan fingerprint density at radius 3 is 2.91 bits per heavy atom. The second kappa shape index (κ2) is 7.13. The lowest BCUT2D eigenvalue weighted by atomic mass is 9.97. The van der Waals surface area contributed by atoms with Crippen LogP contribution in [0.25, 0.3) is 0 Å². The van der Waals surface area contributed by atoms with Crippen LogP contribution in [0.3, 0.4) is 0 Å². The number of anilines is 1. The lowest BCUT2D eigenvalue weighted by Gasteiger charge is -2.14. The first-order valence-electron chi connectivity index (χ1n) is 7.81. The van der Waals surface area contributed by atoms with Gasteiger partial charge in [-0.05, 0) is 36.8 Å². The van der Waals surface area contributed by atoms with Crippen LogP contribution in [0.15, 0.2) is 33.8 Å². The summed E-state index contributed by atoms with van der Waals surface area (Å²) in [7, 11) is 0. The van der Waals surface area contributed by atoms with Crippen molar-refractivity contribution in [3.63, 3.8) is 0 Å². The molecular weight excluding hydrogens is 296 g/mol. The normalized spacial score (nSPS) is 18.3. The van der Waals surface area contributed by atoms with E-state index in [1.165, 1.54) is 12.8 Å². The van der Waals surface area contributed by atoms with E-state index in [0.717, 1.165) is 29.8 Å². The topological polar surface area (TPSA) is 55.1 Å². The van der Waals surface area contributed by atoms with Gasteiger partial charge in [-0.1, -0.05) is 18.9 Å². The maximum absolute atomic E-state index is 5.81. The molecule has 0 spiro atoms. The predicted octanol–water partition coefficient (Wildman–Crippen LogP) is 3.63. The number of aromatic nitrogens is 3. The van der Waals surface area contributed by atoms with Gasteiger partial charge in [-0.25, -0.2) is 0 Å². The molecule has 6 heteroatoms. The van der Waals surface area contributed by atoms with Gasteiger partial charge in [0.25, 0.3) is 0 Å². The Balaban J connectivity index is 1.53. The summed E-state index contributed by atoms with van der Waals surface area (Å²) in [5.74, 6) is 2.88. The van der Waals surface area contributed by atoms with Crippen LogP contribution in [0.2, 0.25) is 0 Å². The van der Waals surface area contributed by atoms with Gasteiger partial charge in [0.15, 0.2) is 0 Å². The average Bonchev–Trinajstić information content (AvgIpc) is 3.14. The van der Waals surface area contributed by atoms with Gasteiger partial charge < -0.3 is 9.32 Å². The number of pyridine rings is 1. The molecule has 3 heterocycles. The standard InChI is InChI=1S/C16H22N4OS/c1-12(2)9-13-5-8-20(10-13)16-19-18-15(21-16)11-22-14-3-6-17-7-4-14/h3-4,6-7,12-13H,5,8-11H2,1-2H3. The quantitative estimate of drug-likeness (QED) is 0.758. The summed E-state index contributed by atoms with van der Waals surface area (Å²) in [5.41, 5.74) is 0. The zero-order valence-electron chi connectivity index (χ0n) is 13.1. The highest BCUT2D eigenvalue weighted by Gasteiger charge is 2.26. The first kappa shape index (κ1) is 15.3. The predicted molar refractivity (Wildman–Crippen MR) is 87.9 cm³/mol. The van der Waals surface area contributed by atoms with Crippen LogP contribution in [0.5, 0.6) is 0 Å². The third-order valence-corrected chi connectivity index (χ3v) is 4.83. The highest BCUT2D eigenvalue weighted by Crippen LogP contribution is 2.28. The van der Waals surface area contributed by atoms with Crippen molar-refractivity contribution >= 4 is 17.8 Å². The maximum Gasteiger partial charge on any atom is 0.318 e. The van der Waals surface area contributed by atoms with Crippen molar-refractivity contribution in [3.05, 3.63) is 30.4 Å². The zero-order chi connectivity index (χ0) is 15.4. The fraction of sp³-hybridized carbons (Fsp3) is 0.562. The van der Waals surface area contributed by atoms with Crippen molar-refractivity contribution in [1.82, 2.24) is 15.2 Å². The van der Waals surface area contributed by atoms with Crippen molar-refractivity contribution < 1.29 is 4.42 Å². The number of thioether (sulfide) groups is 1. The van der Waals surface area contributed by atoms with Crippen LogP contribution in [-0.2, 0) is 5.75 Å². The van der Waals surface area contributed by atoms with Gasteiger partial charge in [0.05, 0.1) is 5.75 Å². The molecule has 5 nitrogen and oxygen atoms in total. The summed E-state index contributed by atoms with van der Waals surface area (Å²) < 4.78 is 5.81. The summed E-state index contributed by atoms with van der Waals surface area (Å²) in [6.07, 6.45) is 6.08. The average molecular weight is 318 g/mol. The fourth-order valence-corrected chi connectivity index (χ4v) is 3.60. The second-order valence-corrected chi connectivity index (χ2v) is 7.23. The SMILES string of the molecule is CC(C)CC1CCN(c2nnc(CSc3ccncc3)o2)C1. The fourth-order valence-electron chi connectivity index (χ4n) is 2.88. The van der Waals surface area contributed by atoms with Gasteiger partial charge in [-0.2, -0.15) is 0 Å². The summed E-state index contributed by atoms with van der Waals surface area (Å²) in [6.45, 7) is 6.63. The van der Waals surface area contributed by atoms with Gasteiger partial charge >= 0.3 is 6.01 Å². The molecule has 0 bridgehead atoms. The zero-order valence-corrected chi connectivity index (χ0v) is 13.9. The molecule has 0 aliphatic carbocycles. The molecule has 1 atom stereocenters. The van der Waals surface area contributed by atoms with E-state index in [4.69, 9.17) is 4.42 Å². The highest BCUT2D eigenvalue weighted by atomic mass is 32.2. The highest BCUT2D eigenvalue weighted by molar-refractivity contribution is 7.98. The van der Waals surface area contributed by atoms with E-state index in [9.17, 15) is 0 Å². The van der Waals surface area contributed by atoms with Crippen LogP contribution in [0.4, 0.5) is 6.01 Å². The van der Waals surface area contributed by atoms with Gasteiger partial charge in [-0.15, -0.1) is 16.9 Å². The van der Waals surface area contributed by atoms with E-state index in [0.29, 0.717) is 17.7 Å². The van der Waals surface area contributed by atoms with Crippen LogP contribution in [0, 0.1) is 11.8 Å². The Bertz CT molecular complexity index is 587. The molecule has 22 heavy (non-hydrogen) atoms. The van der Waals surface area contributed by atoms with Crippen LogP contribution in [-0.4, -0.2) is 28.3 Å². The molecule has 1 aliphatic heterocycles. The molecule has 0 N–H and O–H groups in total. The molecule has 118 valence electrons. The Kier molecular flexibility index (Phi) is 4.97. The monoisotopic (exact) mass is 318 g/mol. The minimum atomic E-state index is 0.677. The summed E-state index contributed by atoms with van der Waals surface area (Å²) in [4.78, 5) is 7.40. The smallest absolute Gasteiger partial charge is 0.318 e. The molecule has 1 fully saturated rings. The third-order valence-electron chi connectivity index (χ3n) is 3.83. The van der Waals surface area contributed by atoms with Crippen molar-refractivity contribution in [3.8, 4) is 0 Å². The summed E-state index contributed by atoms with van der Waals surface area (Å²) in [5, 5.41) is 8.37. The molecule has 1 saturated heterocycles. The van der Waals surface area contributed by atoms with Gasteiger partial charge in [-0.3, -0.25) is 4.98 Å². The molecule has 1 aliphatic rings. The first-order valence-corrected chi connectivity index (χ1v) is 8.79. The lowest BCUT2D eigenvalue weighted by molar-refractivity contribution is 0.438. The van der Waals surface area contributed by atoms with E-state index in [-0.39, 0.29) is 0 Å². The van der Waals surface area contributed by atoms with E-state index in [1.54, 1.807) is 24.2 Å². The summed E-state index contributed by atoms with van der Waals surface area (Å²) >= 11 is 1.68. The molecule has 0 aromatic carbocycles. The Labute approximate surface area is 135 Å². The van der Waals surface area contributed by atoms with Gasteiger partial charge in [0.2, 0.25) is 5.89 Å². The van der Waals surface area contributed by atoms with Gasteiger partial charge in [0.1, 0.15) is 0 Å². The van der Waals surface area contributed by atoms with Crippen molar-refractivity contribution in [2.45, 2.75) is 37.3 Å². The Morgan fingerprint density at radius 1 is 1.32 bits per heavy atom. The number of nitrogens with zero attached hydrogens (tertiary/aromatic N) is 4. The molecule has 2 aromatic rings. The molecule has 2 aromatic heterocycles. The number of hydrogen-bond donors (Lipinski definition) is 0. The van der Waals surface area contributed by atoms with E-state index in [1.807, 2.05) is 12.1 Å². The Morgan fingerprint density at radius 2 is 2.14 bits per heavy atom. The minimum Gasteiger partial charge on any atom is -0.407 e.